The molecule has 1 aromatic rings. The molecule has 5 heteroatoms. The lowest BCUT2D eigenvalue weighted by atomic mass is 10.1. The minimum absolute atomic E-state index is 0.0375. The first-order chi connectivity index (χ1) is 9.15. The van der Waals surface area contributed by atoms with Crippen LogP contribution in [0.4, 0.5) is 10.1 Å². The van der Waals surface area contributed by atoms with Gasteiger partial charge >= 0.3 is 5.97 Å². The zero-order valence-corrected chi connectivity index (χ0v) is 10.4. The van der Waals surface area contributed by atoms with Gasteiger partial charge in [-0.05, 0) is 43.4 Å². The summed E-state index contributed by atoms with van der Waals surface area (Å²) in [5.41, 5.74) is 0.315. The minimum atomic E-state index is -1.12. The topological polar surface area (TPSA) is 58.6 Å². The first kappa shape index (κ1) is 12.4. The number of benzene rings is 1. The smallest absolute Gasteiger partial charge is 0.335 e. The highest BCUT2D eigenvalue weighted by Crippen LogP contribution is 2.39. The summed E-state index contributed by atoms with van der Waals surface area (Å²) in [6.45, 7) is 0.702. The Morgan fingerprint density at radius 3 is 2.79 bits per heavy atom. The van der Waals surface area contributed by atoms with E-state index in [0.717, 1.165) is 12.5 Å². The molecule has 1 saturated carbocycles. The fraction of sp³-hybridized carbons (Fsp3) is 0.500. The van der Waals surface area contributed by atoms with E-state index in [-0.39, 0.29) is 17.7 Å². The van der Waals surface area contributed by atoms with Crippen molar-refractivity contribution in [3.8, 4) is 0 Å². The molecular weight excluding hydrogens is 249 g/mol. The minimum Gasteiger partial charge on any atom is -0.478 e. The van der Waals surface area contributed by atoms with Gasteiger partial charge in [0, 0.05) is 6.61 Å². The second kappa shape index (κ2) is 4.81. The molecule has 1 aliphatic heterocycles. The van der Waals surface area contributed by atoms with Crippen molar-refractivity contribution < 1.29 is 19.0 Å². The van der Waals surface area contributed by atoms with E-state index in [1.807, 2.05) is 0 Å². The van der Waals surface area contributed by atoms with E-state index in [0.29, 0.717) is 18.2 Å². The third kappa shape index (κ3) is 2.56. The lowest BCUT2D eigenvalue weighted by molar-refractivity contribution is 0.0696. The summed E-state index contributed by atoms with van der Waals surface area (Å²) in [4.78, 5) is 10.8. The van der Waals surface area contributed by atoms with Crippen LogP contribution in [-0.2, 0) is 4.74 Å². The third-order valence-corrected chi connectivity index (χ3v) is 3.78. The summed E-state index contributed by atoms with van der Waals surface area (Å²) in [5, 5.41) is 12.0. The Morgan fingerprint density at radius 1 is 1.37 bits per heavy atom. The maximum absolute atomic E-state index is 13.8. The number of nitrogens with one attached hydrogen (secondary N) is 1. The maximum Gasteiger partial charge on any atom is 0.335 e. The van der Waals surface area contributed by atoms with Crippen LogP contribution >= 0.6 is 0 Å². The number of hydrogen-bond donors (Lipinski definition) is 2. The summed E-state index contributed by atoms with van der Waals surface area (Å²) in [6.07, 6.45) is 3.40. The molecule has 4 nitrogen and oxygen atoms in total. The van der Waals surface area contributed by atoms with Gasteiger partial charge in [-0.1, -0.05) is 0 Å². The van der Waals surface area contributed by atoms with Crippen LogP contribution in [0.1, 0.15) is 29.6 Å². The van der Waals surface area contributed by atoms with Gasteiger partial charge in [0.2, 0.25) is 0 Å². The number of anilines is 1. The van der Waals surface area contributed by atoms with Gasteiger partial charge in [-0.3, -0.25) is 0 Å². The van der Waals surface area contributed by atoms with Crippen molar-refractivity contribution in [3.63, 3.8) is 0 Å². The molecule has 0 spiro atoms. The lowest BCUT2D eigenvalue weighted by Gasteiger charge is -2.21. The Kier molecular flexibility index (Phi) is 3.14. The number of hydrogen-bond acceptors (Lipinski definition) is 3. The van der Waals surface area contributed by atoms with E-state index in [1.165, 1.54) is 25.0 Å². The van der Waals surface area contributed by atoms with Crippen LogP contribution in [0, 0.1) is 11.7 Å². The molecule has 2 aliphatic rings. The fourth-order valence-corrected chi connectivity index (χ4v) is 2.62. The number of aromatic carboxylic acids is 1. The van der Waals surface area contributed by atoms with Gasteiger partial charge in [-0.15, -0.1) is 0 Å². The van der Waals surface area contributed by atoms with Crippen LogP contribution in [0.2, 0.25) is 0 Å². The Hall–Kier alpha value is -1.62. The van der Waals surface area contributed by atoms with Crippen molar-refractivity contribution in [3.05, 3.63) is 29.6 Å². The van der Waals surface area contributed by atoms with Gasteiger partial charge in [0.05, 0.1) is 23.4 Å². The highest BCUT2D eigenvalue weighted by molar-refractivity contribution is 5.88. The van der Waals surface area contributed by atoms with Crippen molar-refractivity contribution in [2.45, 2.75) is 31.4 Å². The van der Waals surface area contributed by atoms with Crippen LogP contribution in [0.25, 0.3) is 0 Å². The predicted octanol–water partition coefficient (Wildman–Crippen LogP) is 2.50. The number of ether oxygens (including phenoxy) is 1. The van der Waals surface area contributed by atoms with E-state index in [4.69, 9.17) is 9.84 Å². The maximum atomic E-state index is 13.8. The van der Waals surface area contributed by atoms with E-state index in [9.17, 15) is 9.18 Å². The van der Waals surface area contributed by atoms with Gasteiger partial charge < -0.3 is 15.2 Å². The van der Waals surface area contributed by atoms with E-state index in [2.05, 4.69) is 5.32 Å². The highest BCUT2D eigenvalue weighted by Gasteiger charge is 2.40. The van der Waals surface area contributed by atoms with E-state index >= 15 is 0 Å². The quantitative estimate of drug-likeness (QED) is 0.878. The average molecular weight is 265 g/mol. The predicted molar refractivity (Wildman–Crippen MR) is 67.9 cm³/mol. The number of carboxylic acid groups (broad SMARTS) is 1. The zero-order chi connectivity index (χ0) is 13.4. The third-order valence-electron chi connectivity index (χ3n) is 3.78. The molecule has 2 N–H and O–H groups in total. The molecule has 2 unspecified atom stereocenters. The Bertz CT molecular complexity index is 501. The van der Waals surface area contributed by atoms with E-state index < -0.39 is 11.8 Å². The molecule has 1 heterocycles. The molecule has 1 saturated heterocycles. The van der Waals surface area contributed by atoms with Crippen molar-refractivity contribution in [2.24, 2.45) is 5.92 Å². The van der Waals surface area contributed by atoms with Crippen LogP contribution < -0.4 is 5.32 Å². The number of carboxylic acids is 1. The van der Waals surface area contributed by atoms with E-state index in [1.54, 1.807) is 0 Å². The summed E-state index contributed by atoms with van der Waals surface area (Å²) >= 11 is 0. The van der Waals surface area contributed by atoms with Crippen LogP contribution in [0.3, 0.4) is 0 Å². The van der Waals surface area contributed by atoms with Crippen molar-refractivity contribution in [1.29, 1.82) is 0 Å². The molecular formula is C14H16FNO3. The van der Waals surface area contributed by atoms with Crippen LogP contribution in [0.15, 0.2) is 18.2 Å². The Labute approximate surface area is 110 Å². The first-order valence-corrected chi connectivity index (χ1v) is 6.56. The average Bonchev–Trinajstić information content (AvgIpc) is 3.12. The molecule has 0 bridgehead atoms. The SMILES string of the molecule is O=C(O)c1ccc(NC2CCOC2C2CC2)c(F)c1. The number of rotatable bonds is 4. The van der Waals surface area contributed by atoms with Crippen LogP contribution in [0.5, 0.6) is 0 Å². The zero-order valence-electron chi connectivity index (χ0n) is 10.4. The number of carbonyl (C=O) groups is 1. The summed E-state index contributed by atoms with van der Waals surface area (Å²) in [6, 6.07) is 4.07. The molecule has 0 aromatic heterocycles. The molecule has 0 amide bonds. The fourth-order valence-electron chi connectivity index (χ4n) is 2.62. The molecule has 0 radical (unpaired) electrons. The summed E-state index contributed by atoms with van der Waals surface area (Å²) in [5.74, 6) is -1.05. The Balaban J connectivity index is 1.73. The number of halogens is 1. The molecule has 1 aliphatic carbocycles. The second-order valence-corrected chi connectivity index (χ2v) is 5.21. The molecule has 1 aromatic carbocycles. The standard InChI is InChI=1S/C14H16FNO3/c15-10-7-9(14(17)18)3-4-11(10)16-12-5-6-19-13(12)8-1-2-8/h3-4,7-8,12-13,16H,1-2,5-6H2,(H,17,18). The van der Waals surface area contributed by atoms with Gasteiger partial charge in [-0.25, -0.2) is 9.18 Å². The first-order valence-electron chi connectivity index (χ1n) is 6.56. The molecule has 2 atom stereocenters. The molecule has 3 rings (SSSR count). The van der Waals surface area contributed by atoms with Crippen molar-refractivity contribution >= 4 is 11.7 Å². The molecule has 19 heavy (non-hydrogen) atoms. The van der Waals surface area contributed by atoms with Crippen molar-refractivity contribution in [2.75, 3.05) is 11.9 Å². The second-order valence-electron chi connectivity index (χ2n) is 5.21. The summed E-state index contributed by atoms with van der Waals surface area (Å²) < 4.78 is 19.5. The molecule has 102 valence electrons. The van der Waals surface area contributed by atoms with Gasteiger partial charge in [0.25, 0.3) is 0 Å². The lowest BCUT2D eigenvalue weighted by Crippen LogP contribution is -2.31. The van der Waals surface area contributed by atoms with Gasteiger partial charge in [0.1, 0.15) is 5.82 Å². The van der Waals surface area contributed by atoms with Gasteiger partial charge in [0.15, 0.2) is 0 Å². The Morgan fingerprint density at radius 2 is 2.16 bits per heavy atom. The van der Waals surface area contributed by atoms with Gasteiger partial charge in [-0.2, -0.15) is 0 Å². The highest BCUT2D eigenvalue weighted by atomic mass is 19.1. The molecule has 2 fully saturated rings. The largest absolute Gasteiger partial charge is 0.478 e. The normalized spacial score (nSPS) is 26.4. The monoisotopic (exact) mass is 265 g/mol. The van der Waals surface area contributed by atoms with Crippen LogP contribution in [-0.4, -0.2) is 29.8 Å². The summed E-state index contributed by atoms with van der Waals surface area (Å²) in [7, 11) is 0. The van der Waals surface area contributed by atoms with Crippen molar-refractivity contribution in [1.82, 2.24) is 0 Å².